The molecule has 0 N–H and O–H groups in total. The molecule has 0 bridgehead atoms. The number of carbonyl (C=O) groups is 1. The van der Waals surface area contributed by atoms with Crippen molar-refractivity contribution in [3.63, 3.8) is 0 Å². The first-order valence-corrected chi connectivity index (χ1v) is 7.99. The molecule has 0 amide bonds. The molecule has 0 fully saturated rings. The molecule has 5 nitrogen and oxygen atoms in total. The van der Waals surface area contributed by atoms with E-state index in [0.29, 0.717) is 10.6 Å². The van der Waals surface area contributed by atoms with Crippen LogP contribution in [0.15, 0.2) is 23.1 Å². The van der Waals surface area contributed by atoms with Crippen LogP contribution in [0.1, 0.15) is 18.9 Å². The van der Waals surface area contributed by atoms with E-state index in [-0.39, 0.29) is 24.5 Å². The zero-order chi connectivity index (χ0) is 15.3. The zero-order valence-corrected chi connectivity index (χ0v) is 13.3. The van der Waals surface area contributed by atoms with Crippen molar-refractivity contribution in [3.05, 3.63) is 28.8 Å². The van der Waals surface area contributed by atoms with Crippen LogP contribution in [0.5, 0.6) is 0 Å². The van der Waals surface area contributed by atoms with E-state index in [1.165, 1.54) is 13.1 Å². The Kier molecular flexibility index (Phi) is 5.98. The third-order valence-electron chi connectivity index (χ3n) is 2.77. The van der Waals surface area contributed by atoms with Crippen LogP contribution >= 0.6 is 11.6 Å². The third kappa shape index (κ3) is 4.19. The van der Waals surface area contributed by atoms with Crippen LogP contribution in [0.25, 0.3) is 0 Å². The summed E-state index contributed by atoms with van der Waals surface area (Å²) in [4.78, 5) is 11.4. The Morgan fingerprint density at radius 2 is 2.05 bits per heavy atom. The van der Waals surface area contributed by atoms with Gasteiger partial charge in [0.25, 0.3) is 0 Å². The van der Waals surface area contributed by atoms with Crippen molar-refractivity contribution in [3.8, 4) is 0 Å². The highest BCUT2D eigenvalue weighted by atomic mass is 35.5. The van der Waals surface area contributed by atoms with E-state index in [1.807, 2.05) is 0 Å². The molecule has 112 valence electrons. The lowest BCUT2D eigenvalue weighted by Gasteiger charge is -2.18. The average molecular weight is 320 g/mol. The van der Waals surface area contributed by atoms with Crippen LogP contribution in [-0.4, -0.2) is 38.9 Å². The summed E-state index contributed by atoms with van der Waals surface area (Å²) in [5.41, 5.74) is 0.609. The summed E-state index contributed by atoms with van der Waals surface area (Å²) in [6.45, 7) is 3.74. The van der Waals surface area contributed by atoms with Crippen molar-refractivity contribution in [2.45, 2.75) is 25.2 Å². The summed E-state index contributed by atoms with van der Waals surface area (Å²) in [5.74, 6) is -0.419. The molecule has 0 atom stereocenters. The predicted molar refractivity (Wildman–Crippen MR) is 77.3 cm³/mol. The number of carbonyl (C=O) groups excluding carboxylic acids is 1. The van der Waals surface area contributed by atoms with Crippen molar-refractivity contribution in [1.82, 2.24) is 4.31 Å². The number of hydrogen-bond donors (Lipinski definition) is 0. The fraction of sp³-hybridized carbons (Fsp3) is 0.462. The molecule has 0 aromatic heterocycles. The van der Waals surface area contributed by atoms with Crippen LogP contribution in [-0.2, 0) is 19.6 Å². The van der Waals surface area contributed by atoms with Gasteiger partial charge in [0, 0.05) is 18.6 Å². The van der Waals surface area contributed by atoms with Crippen molar-refractivity contribution in [2.24, 2.45) is 0 Å². The van der Waals surface area contributed by atoms with Gasteiger partial charge in [0.1, 0.15) is 0 Å². The Morgan fingerprint density at radius 1 is 1.40 bits per heavy atom. The van der Waals surface area contributed by atoms with E-state index in [4.69, 9.17) is 16.3 Å². The van der Waals surface area contributed by atoms with Crippen LogP contribution in [0.2, 0.25) is 5.02 Å². The lowest BCUT2D eigenvalue weighted by Crippen LogP contribution is -2.30. The van der Waals surface area contributed by atoms with E-state index in [2.05, 4.69) is 0 Å². The van der Waals surface area contributed by atoms with E-state index in [1.54, 1.807) is 26.0 Å². The molecule has 0 saturated heterocycles. The molecule has 7 heteroatoms. The van der Waals surface area contributed by atoms with Gasteiger partial charge in [-0.15, -0.1) is 0 Å². The van der Waals surface area contributed by atoms with E-state index < -0.39 is 16.0 Å². The first-order chi connectivity index (χ1) is 9.28. The first-order valence-electron chi connectivity index (χ1n) is 6.17. The van der Waals surface area contributed by atoms with Gasteiger partial charge in [-0.2, -0.15) is 0 Å². The fourth-order valence-electron chi connectivity index (χ4n) is 1.62. The van der Waals surface area contributed by atoms with Crippen LogP contribution in [0, 0.1) is 6.92 Å². The molecule has 0 aliphatic heterocycles. The lowest BCUT2D eigenvalue weighted by atomic mass is 10.2. The van der Waals surface area contributed by atoms with E-state index >= 15 is 0 Å². The second kappa shape index (κ2) is 7.06. The minimum atomic E-state index is -3.66. The zero-order valence-electron chi connectivity index (χ0n) is 11.7. The molecular formula is C13H18ClNO4S. The normalized spacial score (nSPS) is 11.7. The average Bonchev–Trinajstić information content (AvgIpc) is 2.38. The van der Waals surface area contributed by atoms with Gasteiger partial charge in [0.15, 0.2) is 0 Å². The van der Waals surface area contributed by atoms with Crippen LogP contribution < -0.4 is 0 Å². The SMILES string of the molecule is CCOC(=O)CCN(C)S(=O)(=O)c1cc(Cl)ccc1C. The van der Waals surface area contributed by atoms with Crippen molar-refractivity contribution < 1.29 is 17.9 Å². The highest BCUT2D eigenvalue weighted by molar-refractivity contribution is 7.89. The molecule has 1 aromatic rings. The summed E-state index contributed by atoms with van der Waals surface area (Å²) in [6, 6.07) is 4.69. The Morgan fingerprint density at radius 3 is 2.65 bits per heavy atom. The summed E-state index contributed by atoms with van der Waals surface area (Å²) < 4.78 is 30.7. The quantitative estimate of drug-likeness (QED) is 0.754. The highest BCUT2D eigenvalue weighted by Crippen LogP contribution is 2.22. The van der Waals surface area contributed by atoms with Gasteiger partial charge in [-0.1, -0.05) is 17.7 Å². The minimum Gasteiger partial charge on any atom is -0.466 e. The largest absolute Gasteiger partial charge is 0.466 e. The van der Waals surface area contributed by atoms with Crippen molar-refractivity contribution >= 4 is 27.6 Å². The maximum atomic E-state index is 12.4. The molecule has 0 radical (unpaired) electrons. The summed E-state index contributed by atoms with van der Waals surface area (Å²) in [5, 5.41) is 0.355. The number of rotatable bonds is 6. The number of esters is 1. The van der Waals surface area contributed by atoms with Gasteiger partial charge in [-0.25, -0.2) is 12.7 Å². The number of benzene rings is 1. The Labute approximate surface area is 124 Å². The summed E-state index contributed by atoms with van der Waals surface area (Å²) >= 11 is 5.84. The van der Waals surface area contributed by atoms with E-state index in [0.717, 1.165) is 4.31 Å². The van der Waals surface area contributed by atoms with Gasteiger partial charge >= 0.3 is 5.97 Å². The number of halogens is 1. The number of ether oxygens (including phenoxy) is 1. The van der Waals surface area contributed by atoms with Gasteiger partial charge < -0.3 is 4.74 Å². The molecule has 0 aliphatic rings. The number of nitrogens with zero attached hydrogens (tertiary/aromatic N) is 1. The molecule has 0 aliphatic carbocycles. The predicted octanol–water partition coefficient (Wildman–Crippen LogP) is 2.22. The molecule has 0 unspecified atom stereocenters. The number of aryl methyl sites for hydroxylation is 1. The highest BCUT2D eigenvalue weighted by Gasteiger charge is 2.23. The summed E-state index contributed by atoms with van der Waals surface area (Å²) in [7, 11) is -2.24. The molecule has 20 heavy (non-hydrogen) atoms. The van der Waals surface area contributed by atoms with Gasteiger partial charge in [0.2, 0.25) is 10.0 Å². The second-order valence-corrected chi connectivity index (χ2v) is 6.74. The van der Waals surface area contributed by atoms with Gasteiger partial charge in [-0.3, -0.25) is 4.79 Å². The van der Waals surface area contributed by atoms with Gasteiger partial charge in [0.05, 0.1) is 17.9 Å². The first kappa shape index (κ1) is 16.9. The number of sulfonamides is 1. The van der Waals surface area contributed by atoms with E-state index in [9.17, 15) is 13.2 Å². The summed E-state index contributed by atoms with van der Waals surface area (Å²) in [6.07, 6.45) is 0.0170. The second-order valence-electron chi connectivity index (χ2n) is 4.29. The Balaban J connectivity index is 2.87. The van der Waals surface area contributed by atoms with Crippen molar-refractivity contribution in [1.29, 1.82) is 0 Å². The lowest BCUT2D eigenvalue weighted by molar-refractivity contribution is -0.143. The van der Waals surface area contributed by atoms with Crippen LogP contribution in [0.4, 0.5) is 0 Å². The molecule has 0 heterocycles. The standard InChI is InChI=1S/C13H18ClNO4S/c1-4-19-13(16)7-8-15(3)20(17,18)12-9-11(14)6-5-10(12)2/h5-6,9H,4,7-8H2,1-3H3. The molecule has 0 saturated carbocycles. The number of hydrogen-bond acceptors (Lipinski definition) is 4. The third-order valence-corrected chi connectivity index (χ3v) is 5.01. The molecule has 1 aromatic carbocycles. The monoisotopic (exact) mass is 319 g/mol. The topological polar surface area (TPSA) is 63.7 Å². The Bertz CT molecular complexity index is 586. The molecule has 0 spiro atoms. The Hall–Kier alpha value is -1.11. The molecular weight excluding hydrogens is 302 g/mol. The fourth-order valence-corrected chi connectivity index (χ4v) is 3.28. The smallest absolute Gasteiger partial charge is 0.307 e. The van der Waals surface area contributed by atoms with Crippen molar-refractivity contribution in [2.75, 3.05) is 20.2 Å². The molecule has 1 rings (SSSR count). The maximum absolute atomic E-state index is 12.4. The minimum absolute atomic E-state index is 0.0170. The van der Waals surface area contributed by atoms with Gasteiger partial charge in [-0.05, 0) is 31.5 Å². The van der Waals surface area contributed by atoms with Crippen LogP contribution in [0.3, 0.4) is 0 Å². The maximum Gasteiger partial charge on any atom is 0.307 e.